The van der Waals surface area contributed by atoms with E-state index >= 15 is 0 Å². The first-order valence-corrected chi connectivity index (χ1v) is 4.54. The van der Waals surface area contributed by atoms with E-state index in [1.54, 1.807) is 0 Å². The SMILES string of the molecule is CCCOS(=O)(O)=S.[H-].[K+]. The average Bonchev–Trinajstić information content (AvgIpc) is 1.59. The van der Waals surface area contributed by atoms with Crippen molar-refractivity contribution in [3.8, 4) is 0 Å². The summed E-state index contributed by atoms with van der Waals surface area (Å²) in [5.74, 6) is 0. The Bertz CT molecular complexity index is 146. The van der Waals surface area contributed by atoms with E-state index in [1.165, 1.54) is 0 Å². The van der Waals surface area contributed by atoms with Gasteiger partial charge in [-0.2, -0.15) is 4.21 Å². The first-order chi connectivity index (χ1) is 3.56. The van der Waals surface area contributed by atoms with Crippen molar-refractivity contribution in [2.45, 2.75) is 13.3 Å². The molecule has 0 aliphatic heterocycles. The maximum atomic E-state index is 10.1. The molecule has 0 heterocycles. The summed E-state index contributed by atoms with van der Waals surface area (Å²) in [5, 5.41) is 0. The van der Waals surface area contributed by atoms with Crippen LogP contribution in [0.25, 0.3) is 0 Å². The van der Waals surface area contributed by atoms with Gasteiger partial charge in [-0.3, -0.25) is 8.74 Å². The Labute approximate surface area is 104 Å². The van der Waals surface area contributed by atoms with E-state index in [2.05, 4.69) is 15.4 Å². The van der Waals surface area contributed by atoms with E-state index in [-0.39, 0.29) is 59.4 Å². The molecule has 0 spiro atoms. The van der Waals surface area contributed by atoms with Crippen LogP contribution in [0, 0.1) is 0 Å². The molecule has 0 radical (unpaired) electrons. The van der Waals surface area contributed by atoms with Crippen molar-refractivity contribution in [1.29, 1.82) is 0 Å². The molecule has 0 rings (SSSR count). The molecule has 0 bridgehead atoms. The van der Waals surface area contributed by atoms with Crippen molar-refractivity contribution >= 4 is 20.2 Å². The van der Waals surface area contributed by atoms with E-state index in [4.69, 9.17) is 4.55 Å². The molecule has 0 aromatic rings. The zero-order valence-electron chi connectivity index (χ0n) is 6.49. The minimum absolute atomic E-state index is 0. The van der Waals surface area contributed by atoms with Gasteiger partial charge in [-0.25, -0.2) is 0 Å². The third-order valence-electron chi connectivity index (χ3n) is 0.436. The predicted octanol–water partition coefficient (Wildman–Crippen LogP) is -2.34. The fourth-order valence-corrected chi connectivity index (χ4v) is 0.770. The maximum Gasteiger partial charge on any atom is 1.00 e. The Hall–Kier alpha value is 1.93. The fraction of sp³-hybridized carbons (Fsp3) is 1.00. The average molecular weight is 196 g/mol. The summed E-state index contributed by atoms with van der Waals surface area (Å²) < 4.78 is 22.6. The molecule has 0 fully saturated rings. The van der Waals surface area contributed by atoms with Crippen LogP contribution in [-0.2, 0) is 24.4 Å². The van der Waals surface area contributed by atoms with E-state index in [9.17, 15) is 4.21 Å². The molecular formula is C3H9KO3S2. The molecule has 1 atom stereocenters. The second kappa shape index (κ2) is 6.63. The van der Waals surface area contributed by atoms with Crippen molar-refractivity contribution < 1.29 is 65.8 Å². The normalized spacial score (nSPS) is 15.8. The Morgan fingerprint density at radius 3 is 2.44 bits per heavy atom. The van der Waals surface area contributed by atoms with Crippen LogP contribution in [-0.4, -0.2) is 15.4 Å². The van der Waals surface area contributed by atoms with Crippen molar-refractivity contribution in [3.05, 3.63) is 0 Å². The molecule has 52 valence electrons. The van der Waals surface area contributed by atoms with E-state index in [1.807, 2.05) is 6.92 Å². The third kappa shape index (κ3) is 13.0. The van der Waals surface area contributed by atoms with Gasteiger partial charge in [-0.05, 0) is 6.42 Å². The molecule has 0 amide bonds. The van der Waals surface area contributed by atoms with Gasteiger partial charge >= 0.3 is 51.4 Å². The maximum absolute atomic E-state index is 10.1. The molecular weight excluding hydrogens is 187 g/mol. The third-order valence-corrected chi connectivity index (χ3v) is 1.19. The molecule has 6 heteroatoms. The first-order valence-electron chi connectivity index (χ1n) is 2.18. The second-order valence-corrected chi connectivity index (χ2v) is 3.60. The van der Waals surface area contributed by atoms with E-state index in [0.717, 1.165) is 0 Å². The fourth-order valence-electron chi connectivity index (χ4n) is 0.189. The Kier molecular flexibility index (Phi) is 9.95. The molecule has 0 aromatic carbocycles. The quantitative estimate of drug-likeness (QED) is 0.514. The first kappa shape index (κ1) is 13.5. The summed E-state index contributed by atoms with van der Waals surface area (Å²) in [6, 6.07) is 0. The Morgan fingerprint density at radius 1 is 1.89 bits per heavy atom. The van der Waals surface area contributed by atoms with Gasteiger partial charge in [0, 0.05) is 11.2 Å². The van der Waals surface area contributed by atoms with Crippen molar-refractivity contribution in [3.63, 3.8) is 0 Å². The Balaban J connectivity index is -0.000000245. The molecule has 3 nitrogen and oxygen atoms in total. The zero-order valence-corrected chi connectivity index (χ0v) is 10.3. The monoisotopic (exact) mass is 196 g/mol. The van der Waals surface area contributed by atoms with Crippen LogP contribution >= 0.6 is 0 Å². The topological polar surface area (TPSA) is 46.5 Å². The van der Waals surface area contributed by atoms with Crippen molar-refractivity contribution in [1.82, 2.24) is 0 Å². The van der Waals surface area contributed by atoms with Crippen LogP contribution in [0.4, 0.5) is 0 Å². The van der Waals surface area contributed by atoms with E-state index < -0.39 is 9.05 Å². The zero-order chi connectivity index (χ0) is 6.62. The summed E-state index contributed by atoms with van der Waals surface area (Å²) in [6.45, 7) is 2.08. The second-order valence-electron chi connectivity index (χ2n) is 1.25. The van der Waals surface area contributed by atoms with Gasteiger partial charge in [0.05, 0.1) is 6.61 Å². The molecule has 1 N–H and O–H groups in total. The van der Waals surface area contributed by atoms with Crippen LogP contribution in [0.3, 0.4) is 0 Å². The van der Waals surface area contributed by atoms with Crippen LogP contribution in [0.1, 0.15) is 14.8 Å². The van der Waals surface area contributed by atoms with Gasteiger partial charge in [0.2, 0.25) is 0 Å². The molecule has 9 heavy (non-hydrogen) atoms. The van der Waals surface area contributed by atoms with E-state index in [0.29, 0.717) is 6.42 Å². The van der Waals surface area contributed by atoms with Gasteiger partial charge in [0.15, 0.2) is 0 Å². The van der Waals surface area contributed by atoms with Crippen molar-refractivity contribution in [2.75, 3.05) is 6.61 Å². The largest absolute Gasteiger partial charge is 1.00 e. The van der Waals surface area contributed by atoms with Gasteiger partial charge in [-0.1, -0.05) is 6.92 Å². The number of rotatable bonds is 3. The summed E-state index contributed by atoms with van der Waals surface area (Å²) in [6.07, 6.45) is 0.703. The summed E-state index contributed by atoms with van der Waals surface area (Å²) in [4.78, 5) is 0. The number of hydrogen-bond donors (Lipinski definition) is 1. The van der Waals surface area contributed by atoms with Crippen LogP contribution < -0.4 is 51.4 Å². The van der Waals surface area contributed by atoms with Gasteiger partial charge in [0.25, 0.3) is 9.05 Å². The number of hydrogen-bond acceptors (Lipinski definition) is 3. The summed E-state index contributed by atoms with van der Waals surface area (Å²) in [7, 11) is -3.35. The van der Waals surface area contributed by atoms with Gasteiger partial charge in [0.1, 0.15) is 0 Å². The Morgan fingerprint density at radius 2 is 2.33 bits per heavy atom. The predicted molar refractivity (Wildman–Crippen MR) is 35.5 cm³/mol. The molecule has 0 saturated heterocycles. The van der Waals surface area contributed by atoms with Crippen LogP contribution in [0.5, 0.6) is 0 Å². The smallest absolute Gasteiger partial charge is 1.00 e. The minimum atomic E-state index is -3.35. The molecule has 0 aliphatic carbocycles. The van der Waals surface area contributed by atoms with Gasteiger partial charge < -0.3 is 1.43 Å². The molecule has 1 unspecified atom stereocenters. The molecule has 0 aliphatic rings. The molecule has 0 saturated carbocycles. The molecule has 0 aromatic heterocycles. The standard InChI is InChI=1S/C3H8O3S2.K.H/c1-2-3-6-8(4,5)7;;/h2-3H2,1H3,(H,4,5,7);;/q;+1;-1. The minimum Gasteiger partial charge on any atom is -1.00 e. The van der Waals surface area contributed by atoms with Crippen molar-refractivity contribution in [2.24, 2.45) is 0 Å². The van der Waals surface area contributed by atoms with Crippen LogP contribution in [0.2, 0.25) is 0 Å². The summed E-state index contributed by atoms with van der Waals surface area (Å²) >= 11 is 4.01. The summed E-state index contributed by atoms with van der Waals surface area (Å²) in [5.41, 5.74) is 0. The van der Waals surface area contributed by atoms with Gasteiger partial charge in [-0.15, -0.1) is 0 Å². The van der Waals surface area contributed by atoms with Crippen LogP contribution in [0.15, 0.2) is 0 Å².